The average Bonchev–Trinajstić information content (AvgIpc) is 2.99. The van der Waals surface area contributed by atoms with E-state index >= 15 is 0 Å². The van der Waals surface area contributed by atoms with Gasteiger partial charge in [0.15, 0.2) is 0 Å². The summed E-state index contributed by atoms with van der Waals surface area (Å²) in [7, 11) is 0. The highest BCUT2D eigenvalue weighted by atomic mass is 32.1. The van der Waals surface area contributed by atoms with Crippen LogP contribution < -0.4 is 16.0 Å². The molecule has 2 aromatic rings. The van der Waals surface area contributed by atoms with Crippen molar-refractivity contribution >= 4 is 23.1 Å². The fourth-order valence-corrected chi connectivity index (χ4v) is 2.92. The van der Waals surface area contributed by atoms with Crippen LogP contribution in [0, 0.1) is 0 Å². The van der Waals surface area contributed by atoms with Gasteiger partial charge in [0, 0.05) is 29.9 Å². The summed E-state index contributed by atoms with van der Waals surface area (Å²) in [5.41, 5.74) is 1.62. The molecular formula is C17H24N4OS. The summed E-state index contributed by atoms with van der Waals surface area (Å²) >= 11 is 1.53. The van der Waals surface area contributed by atoms with Gasteiger partial charge in [-0.1, -0.05) is 12.1 Å². The molecule has 6 heteroatoms. The number of carbonyl (C=O) groups is 1. The van der Waals surface area contributed by atoms with E-state index in [4.69, 9.17) is 0 Å². The van der Waals surface area contributed by atoms with Crippen molar-refractivity contribution in [2.24, 2.45) is 0 Å². The number of benzene rings is 1. The number of rotatable bonds is 6. The lowest BCUT2D eigenvalue weighted by atomic mass is 10.1. The molecule has 0 spiro atoms. The highest BCUT2D eigenvalue weighted by molar-refractivity contribution is 7.09. The summed E-state index contributed by atoms with van der Waals surface area (Å²) in [6, 6.07) is 8.23. The number of aromatic nitrogens is 1. The number of hydrogen-bond acceptors (Lipinski definition) is 4. The number of amides is 2. The van der Waals surface area contributed by atoms with Gasteiger partial charge in [0.2, 0.25) is 0 Å². The van der Waals surface area contributed by atoms with Crippen LogP contribution in [0.2, 0.25) is 0 Å². The van der Waals surface area contributed by atoms with E-state index in [1.807, 2.05) is 43.5 Å². The van der Waals surface area contributed by atoms with E-state index < -0.39 is 5.54 Å². The maximum atomic E-state index is 12.1. The third-order valence-electron chi connectivity index (χ3n) is 3.23. The summed E-state index contributed by atoms with van der Waals surface area (Å²) in [5.74, 6) is 0. The maximum absolute atomic E-state index is 12.1. The predicted molar refractivity (Wildman–Crippen MR) is 95.7 cm³/mol. The molecule has 5 nitrogen and oxygen atoms in total. The van der Waals surface area contributed by atoms with Crippen LogP contribution in [0.1, 0.15) is 38.3 Å². The van der Waals surface area contributed by atoms with Crippen LogP contribution in [0.15, 0.2) is 35.8 Å². The Morgan fingerprint density at radius 2 is 2.13 bits per heavy atom. The predicted octanol–water partition coefficient (Wildman–Crippen LogP) is 3.70. The van der Waals surface area contributed by atoms with Gasteiger partial charge in [-0.3, -0.25) is 0 Å². The molecule has 0 aliphatic carbocycles. The Kier molecular flexibility index (Phi) is 5.60. The fraction of sp³-hybridized carbons (Fsp3) is 0.412. The smallest absolute Gasteiger partial charge is 0.315 e. The summed E-state index contributed by atoms with van der Waals surface area (Å²) in [6.07, 6.45) is 1.74. The first-order valence-electron chi connectivity index (χ1n) is 7.68. The molecule has 0 saturated heterocycles. The zero-order valence-corrected chi connectivity index (χ0v) is 14.8. The van der Waals surface area contributed by atoms with Crippen molar-refractivity contribution in [2.75, 3.05) is 5.32 Å². The molecule has 1 aromatic carbocycles. The summed E-state index contributed by atoms with van der Waals surface area (Å²) in [6.45, 7) is 8.56. The minimum atomic E-state index is -0.487. The second-order valence-corrected chi connectivity index (χ2v) is 7.16. The van der Waals surface area contributed by atoms with Crippen LogP contribution in [-0.2, 0) is 12.1 Å². The highest BCUT2D eigenvalue weighted by Gasteiger charge is 2.25. The van der Waals surface area contributed by atoms with Crippen molar-refractivity contribution in [3.8, 4) is 0 Å². The number of hydrogen-bond donors (Lipinski definition) is 3. The van der Waals surface area contributed by atoms with Crippen LogP contribution in [0.3, 0.4) is 0 Å². The standard InChI is InChI=1S/C17H24N4OS/c1-12(2)20-14-7-5-6-13(10-14)11-19-16(22)21-17(3,4)15-18-8-9-23-15/h5-10,12,20H,11H2,1-4H3,(H2,19,21,22). The number of nitrogens with zero attached hydrogens (tertiary/aromatic N) is 1. The zero-order chi connectivity index (χ0) is 16.9. The molecule has 3 N–H and O–H groups in total. The monoisotopic (exact) mass is 332 g/mol. The summed E-state index contributed by atoms with van der Waals surface area (Å²) in [5, 5.41) is 12.0. The Bertz CT molecular complexity index is 638. The largest absolute Gasteiger partial charge is 0.383 e. The molecule has 23 heavy (non-hydrogen) atoms. The van der Waals surface area contributed by atoms with Crippen molar-refractivity contribution in [3.05, 3.63) is 46.4 Å². The van der Waals surface area contributed by atoms with Gasteiger partial charge >= 0.3 is 6.03 Å². The molecule has 0 saturated carbocycles. The molecule has 1 aromatic heterocycles. The minimum Gasteiger partial charge on any atom is -0.383 e. The van der Waals surface area contributed by atoms with Gasteiger partial charge in [-0.15, -0.1) is 11.3 Å². The van der Waals surface area contributed by atoms with E-state index in [2.05, 4.69) is 34.8 Å². The van der Waals surface area contributed by atoms with Gasteiger partial charge < -0.3 is 16.0 Å². The summed E-state index contributed by atoms with van der Waals surface area (Å²) in [4.78, 5) is 16.4. The maximum Gasteiger partial charge on any atom is 0.315 e. The first-order chi connectivity index (χ1) is 10.9. The Balaban J connectivity index is 1.89. The summed E-state index contributed by atoms with van der Waals surface area (Å²) < 4.78 is 0. The molecule has 2 rings (SSSR count). The van der Waals surface area contributed by atoms with E-state index in [0.717, 1.165) is 16.3 Å². The Labute approximate surface area is 141 Å². The number of urea groups is 1. The quantitative estimate of drug-likeness (QED) is 0.756. The van der Waals surface area contributed by atoms with Crippen LogP contribution in [0.4, 0.5) is 10.5 Å². The van der Waals surface area contributed by atoms with Gasteiger partial charge in [-0.25, -0.2) is 9.78 Å². The van der Waals surface area contributed by atoms with E-state index in [0.29, 0.717) is 12.6 Å². The number of carbonyl (C=O) groups excluding carboxylic acids is 1. The number of nitrogens with one attached hydrogen (secondary N) is 3. The molecule has 0 aliphatic rings. The average molecular weight is 332 g/mol. The minimum absolute atomic E-state index is 0.201. The van der Waals surface area contributed by atoms with E-state index in [1.165, 1.54) is 11.3 Å². The van der Waals surface area contributed by atoms with Crippen molar-refractivity contribution in [2.45, 2.75) is 45.8 Å². The van der Waals surface area contributed by atoms with Crippen LogP contribution in [-0.4, -0.2) is 17.1 Å². The third kappa shape index (κ3) is 5.25. The van der Waals surface area contributed by atoms with E-state index in [-0.39, 0.29) is 6.03 Å². The molecule has 0 fully saturated rings. The van der Waals surface area contributed by atoms with E-state index in [1.54, 1.807) is 6.20 Å². The van der Waals surface area contributed by atoms with Gasteiger partial charge in [-0.05, 0) is 45.4 Å². The number of anilines is 1. The Morgan fingerprint density at radius 1 is 1.35 bits per heavy atom. The second-order valence-electron chi connectivity index (χ2n) is 6.27. The molecule has 0 bridgehead atoms. The van der Waals surface area contributed by atoms with Gasteiger partial charge in [0.25, 0.3) is 0 Å². The molecule has 2 amide bonds. The van der Waals surface area contributed by atoms with Gasteiger partial charge in [-0.2, -0.15) is 0 Å². The van der Waals surface area contributed by atoms with Gasteiger partial charge in [0.1, 0.15) is 5.01 Å². The van der Waals surface area contributed by atoms with Crippen molar-refractivity contribution in [1.82, 2.24) is 15.6 Å². The topological polar surface area (TPSA) is 66.0 Å². The molecule has 124 valence electrons. The molecule has 0 atom stereocenters. The fourth-order valence-electron chi connectivity index (χ4n) is 2.20. The first kappa shape index (κ1) is 17.3. The SMILES string of the molecule is CC(C)Nc1cccc(CNC(=O)NC(C)(C)c2nccs2)c1. The third-order valence-corrected chi connectivity index (χ3v) is 4.33. The number of thiazole rings is 1. The lowest BCUT2D eigenvalue weighted by molar-refractivity contribution is 0.229. The zero-order valence-electron chi connectivity index (χ0n) is 14.0. The Morgan fingerprint density at radius 3 is 2.78 bits per heavy atom. The van der Waals surface area contributed by atoms with Crippen LogP contribution >= 0.6 is 11.3 Å². The molecule has 1 heterocycles. The Hall–Kier alpha value is -2.08. The normalized spacial score (nSPS) is 11.3. The molecule has 0 radical (unpaired) electrons. The van der Waals surface area contributed by atoms with Crippen LogP contribution in [0.25, 0.3) is 0 Å². The van der Waals surface area contributed by atoms with Crippen molar-refractivity contribution < 1.29 is 4.79 Å². The molecular weight excluding hydrogens is 308 g/mol. The molecule has 0 unspecified atom stereocenters. The van der Waals surface area contributed by atoms with Crippen molar-refractivity contribution in [3.63, 3.8) is 0 Å². The van der Waals surface area contributed by atoms with E-state index in [9.17, 15) is 4.79 Å². The highest BCUT2D eigenvalue weighted by Crippen LogP contribution is 2.21. The lowest BCUT2D eigenvalue weighted by Gasteiger charge is -2.24. The lowest BCUT2D eigenvalue weighted by Crippen LogP contribution is -2.46. The first-order valence-corrected chi connectivity index (χ1v) is 8.56. The van der Waals surface area contributed by atoms with Crippen LogP contribution in [0.5, 0.6) is 0 Å². The molecule has 0 aliphatic heterocycles. The van der Waals surface area contributed by atoms with Gasteiger partial charge in [0.05, 0.1) is 5.54 Å². The second kappa shape index (κ2) is 7.46. The van der Waals surface area contributed by atoms with Crippen molar-refractivity contribution in [1.29, 1.82) is 0 Å².